The lowest BCUT2D eigenvalue weighted by molar-refractivity contribution is 1.08. The molecule has 0 radical (unpaired) electrons. The van der Waals surface area contributed by atoms with Crippen LogP contribution in [0.4, 0.5) is 0 Å². The molecular weight excluding hydrogens is 407 g/mol. The summed E-state index contributed by atoms with van der Waals surface area (Å²) in [5, 5.41) is 0. The van der Waals surface area contributed by atoms with E-state index in [4.69, 9.17) is 0 Å². The lowest BCUT2D eigenvalue weighted by Gasteiger charge is -2.08. The normalized spacial score (nSPS) is 10.5. The van der Waals surface area contributed by atoms with E-state index in [-0.39, 0.29) is 0 Å². The van der Waals surface area contributed by atoms with Gasteiger partial charge in [-0.2, -0.15) is 0 Å². The topological polar surface area (TPSA) is 0 Å². The molecule has 0 aliphatic heterocycles. The number of aryl methyl sites for hydroxylation is 1. The second-order valence-corrected chi connectivity index (χ2v) is 6.94. The van der Waals surface area contributed by atoms with Crippen LogP contribution < -0.4 is 0 Å². The second kappa shape index (κ2) is 6.25. The Morgan fingerprint density at radius 3 is 2.47 bits per heavy atom. The molecule has 0 bridgehead atoms. The Labute approximate surface area is 128 Å². The van der Waals surface area contributed by atoms with Crippen LogP contribution in [0.1, 0.15) is 12.5 Å². The summed E-state index contributed by atoms with van der Waals surface area (Å²) in [4.78, 5) is 2.64. The molecule has 0 aromatic heterocycles. The molecule has 0 aliphatic rings. The van der Waals surface area contributed by atoms with E-state index in [1.165, 1.54) is 18.9 Å². The maximum absolute atomic E-state index is 3.52. The molecule has 0 N–H and O–H groups in total. The minimum absolute atomic E-state index is 1.06. The predicted molar refractivity (Wildman–Crippen MR) is 86.8 cm³/mol. The summed E-state index contributed by atoms with van der Waals surface area (Å²) in [5.41, 5.74) is 1.39. The van der Waals surface area contributed by atoms with Crippen LogP contribution >= 0.6 is 50.3 Å². The monoisotopic (exact) mass is 418 g/mol. The molecule has 0 aliphatic carbocycles. The van der Waals surface area contributed by atoms with E-state index in [0.29, 0.717) is 0 Å². The first kappa shape index (κ1) is 13.4. The van der Waals surface area contributed by atoms with Crippen LogP contribution in [-0.4, -0.2) is 0 Å². The fourth-order valence-electron chi connectivity index (χ4n) is 1.55. The highest BCUT2D eigenvalue weighted by Crippen LogP contribution is 2.32. The van der Waals surface area contributed by atoms with Crippen molar-refractivity contribution in [2.45, 2.75) is 23.1 Å². The molecule has 0 heterocycles. The first-order valence-corrected chi connectivity index (χ1v) is 8.09. The van der Waals surface area contributed by atoms with E-state index >= 15 is 0 Å². The fraction of sp³-hybridized carbons (Fsp3) is 0.143. The molecule has 88 valence electrons. The van der Waals surface area contributed by atoms with Crippen molar-refractivity contribution in [3.63, 3.8) is 0 Å². The number of halogens is 2. The number of benzene rings is 2. The molecule has 0 amide bonds. The highest BCUT2D eigenvalue weighted by molar-refractivity contribution is 14.1. The molecule has 17 heavy (non-hydrogen) atoms. The van der Waals surface area contributed by atoms with Gasteiger partial charge in [0.2, 0.25) is 0 Å². The molecule has 0 spiro atoms. The van der Waals surface area contributed by atoms with Gasteiger partial charge >= 0.3 is 0 Å². The summed E-state index contributed by atoms with van der Waals surface area (Å²) in [5.74, 6) is 0. The molecule has 0 unspecified atom stereocenters. The average molecular weight is 419 g/mol. The van der Waals surface area contributed by atoms with E-state index in [2.05, 4.69) is 87.9 Å². The summed E-state index contributed by atoms with van der Waals surface area (Å²) in [6.07, 6.45) is 1.06. The van der Waals surface area contributed by atoms with Crippen LogP contribution in [0.15, 0.2) is 56.7 Å². The Hall–Kier alpha value is -0.000000000000000111. The highest BCUT2D eigenvalue weighted by Gasteiger charge is 2.03. The van der Waals surface area contributed by atoms with Gasteiger partial charge in [-0.15, -0.1) is 0 Å². The van der Waals surface area contributed by atoms with Crippen molar-refractivity contribution in [3.05, 3.63) is 56.1 Å². The third kappa shape index (κ3) is 3.73. The van der Waals surface area contributed by atoms with Crippen LogP contribution in [0, 0.1) is 3.57 Å². The van der Waals surface area contributed by atoms with E-state index in [1.54, 1.807) is 0 Å². The lowest BCUT2D eigenvalue weighted by atomic mass is 10.2. The minimum atomic E-state index is 1.06. The van der Waals surface area contributed by atoms with Crippen LogP contribution in [-0.2, 0) is 6.42 Å². The van der Waals surface area contributed by atoms with Gasteiger partial charge in [0.25, 0.3) is 0 Å². The largest absolute Gasteiger partial charge is 0.0898 e. The van der Waals surface area contributed by atoms with E-state index < -0.39 is 0 Å². The van der Waals surface area contributed by atoms with E-state index in [0.717, 1.165) is 10.9 Å². The van der Waals surface area contributed by atoms with Crippen molar-refractivity contribution < 1.29 is 0 Å². The molecule has 0 saturated carbocycles. The Morgan fingerprint density at radius 1 is 1.12 bits per heavy atom. The molecule has 0 nitrogen and oxygen atoms in total. The molecular formula is C14H12BrIS. The van der Waals surface area contributed by atoms with Crippen LogP contribution in [0.5, 0.6) is 0 Å². The predicted octanol–water partition coefficient (Wildman–Crippen LogP) is 5.77. The number of rotatable bonds is 3. The highest BCUT2D eigenvalue weighted by atomic mass is 127. The van der Waals surface area contributed by atoms with Crippen molar-refractivity contribution in [1.29, 1.82) is 0 Å². The quantitative estimate of drug-likeness (QED) is 0.570. The second-order valence-electron chi connectivity index (χ2n) is 3.66. The van der Waals surface area contributed by atoms with Crippen LogP contribution in [0.25, 0.3) is 0 Å². The average Bonchev–Trinajstić information content (AvgIpc) is 2.34. The minimum Gasteiger partial charge on any atom is -0.0898 e. The standard InChI is InChI=1S/C14H12BrIS/c1-2-10-9-11(15)3-8-14(10)17-13-6-4-12(16)5-7-13/h3-9H,2H2,1H3. The maximum Gasteiger partial charge on any atom is 0.0178 e. The van der Waals surface area contributed by atoms with Crippen molar-refractivity contribution in [1.82, 2.24) is 0 Å². The zero-order valence-electron chi connectivity index (χ0n) is 9.41. The maximum atomic E-state index is 3.52. The molecule has 2 rings (SSSR count). The van der Waals surface area contributed by atoms with Gasteiger partial charge in [-0.05, 0) is 77.0 Å². The van der Waals surface area contributed by atoms with E-state index in [9.17, 15) is 0 Å². The Kier molecular flexibility index (Phi) is 4.94. The zero-order chi connectivity index (χ0) is 12.3. The van der Waals surface area contributed by atoms with Gasteiger partial charge in [0.15, 0.2) is 0 Å². The molecule has 2 aromatic rings. The van der Waals surface area contributed by atoms with E-state index in [1.807, 2.05) is 11.8 Å². The third-order valence-corrected chi connectivity index (χ3v) is 4.78. The van der Waals surface area contributed by atoms with Gasteiger partial charge in [0, 0.05) is 17.8 Å². The van der Waals surface area contributed by atoms with Gasteiger partial charge in [-0.1, -0.05) is 34.6 Å². The summed E-state index contributed by atoms with van der Waals surface area (Å²) in [6.45, 7) is 2.19. The first-order valence-electron chi connectivity index (χ1n) is 5.41. The molecule has 2 aromatic carbocycles. The van der Waals surface area contributed by atoms with Crippen molar-refractivity contribution >= 4 is 50.3 Å². The summed E-state index contributed by atoms with van der Waals surface area (Å²) in [6, 6.07) is 15.1. The van der Waals surface area contributed by atoms with Gasteiger partial charge < -0.3 is 0 Å². The Morgan fingerprint density at radius 2 is 1.82 bits per heavy atom. The van der Waals surface area contributed by atoms with Crippen LogP contribution in [0.2, 0.25) is 0 Å². The summed E-state index contributed by atoms with van der Waals surface area (Å²) in [7, 11) is 0. The molecule has 0 saturated heterocycles. The number of hydrogen-bond donors (Lipinski definition) is 0. The summed E-state index contributed by atoms with van der Waals surface area (Å²) >= 11 is 7.68. The molecule has 0 fully saturated rings. The molecule has 0 atom stereocenters. The van der Waals surface area contributed by atoms with Gasteiger partial charge in [0.1, 0.15) is 0 Å². The fourth-order valence-corrected chi connectivity index (χ4v) is 3.32. The summed E-state index contributed by atoms with van der Waals surface area (Å²) < 4.78 is 2.43. The van der Waals surface area contributed by atoms with Gasteiger partial charge in [0.05, 0.1) is 0 Å². The zero-order valence-corrected chi connectivity index (χ0v) is 14.0. The third-order valence-electron chi connectivity index (χ3n) is 2.44. The van der Waals surface area contributed by atoms with Crippen molar-refractivity contribution in [3.8, 4) is 0 Å². The Bertz CT molecular complexity index is 508. The van der Waals surface area contributed by atoms with Crippen molar-refractivity contribution in [2.75, 3.05) is 0 Å². The van der Waals surface area contributed by atoms with Gasteiger partial charge in [-0.25, -0.2) is 0 Å². The first-order chi connectivity index (χ1) is 8.19. The Balaban J connectivity index is 2.26. The smallest absolute Gasteiger partial charge is 0.0178 e. The lowest BCUT2D eigenvalue weighted by Crippen LogP contribution is -1.85. The SMILES string of the molecule is CCc1cc(Br)ccc1Sc1ccc(I)cc1. The number of hydrogen-bond acceptors (Lipinski definition) is 1. The van der Waals surface area contributed by atoms with Gasteiger partial charge in [-0.3, -0.25) is 0 Å². The molecule has 3 heteroatoms. The van der Waals surface area contributed by atoms with Crippen LogP contribution in [0.3, 0.4) is 0 Å². The van der Waals surface area contributed by atoms with Crippen molar-refractivity contribution in [2.24, 2.45) is 0 Å².